The van der Waals surface area contributed by atoms with Gasteiger partial charge in [0.05, 0.1) is 23.3 Å². The summed E-state index contributed by atoms with van der Waals surface area (Å²) in [5.74, 6) is -0.936. The van der Waals surface area contributed by atoms with Gasteiger partial charge in [-0.05, 0) is 55.5 Å². The van der Waals surface area contributed by atoms with Crippen LogP contribution in [-0.4, -0.2) is 51.1 Å². The van der Waals surface area contributed by atoms with Gasteiger partial charge in [0.25, 0.3) is 5.91 Å². The van der Waals surface area contributed by atoms with Gasteiger partial charge in [-0.15, -0.1) is 0 Å². The molecule has 3 heterocycles. The smallest absolute Gasteiger partial charge is 0.450 e. The van der Waals surface area contributed by atoms with Crippen LogP contribution in [0.1, 0.15) is 66.9 Å². The lowest BCUT2D eigenvalue weighted by atomic mass is 9.95. The molecular formula is C26H29F3N4O5. The summed E-state index contributed by atoms with van der Waals surface area (Å²) in [4.78, 5) is 23.6. The number of benzene rings is 1. The van der Waals surface area contributed by atoms with E-state index in [1.165, 1.54) is 18.6 Å². The van der Waals surface area contributed by atoms with Crippen LogP contribution in [0.25, 0.3) is 5.52 Å². The van der Waals surface area contributed by atoms with E-state index in [-0.39, 0.29) is 23.7 Å². The number of ether oxygens (including phenoxy) is 1. The standard InChI is InChI=1S/C25H27F3N4O2.CH2O3/c26-17-11-16(12-20(13-17)34-25(27)28)22-7-4-9-31(22)19-8-10-32-23(14-19)21(15-29-32)24(33)30-18-5-2-1-3-6-18;2-1(3)4/h8,10-15,18,22,25H,1-7,9H2,(H,30,33);(H2,2,3,4)/t22-;/m1./s1. The van der Waals surface area contributed by atoms with Crippen molar-refractivity contribution in [2.75, 3.05) is 11.4 Å². The maximum Gasteiger partial charge on any atom is 0.503 e. The highest BCUT2D eigenvalue weighted by Crippen LogP contribution is 2.38. The minimum absolute atomic E-state index is 0.129. The van der Waals surface area contributed by atoms with E-state index in [1.54, 1.807) is 16.9 Å². The number of nitrogens with zero attached hydrogens (tertiary/aromatic N) is 3. The summed E-state index contributed by atoms with van der Waals surface area (Å²) in [6, 6.07) is 7.61. The molecule has 2 aliphatic rings. The Morgan fingerprint density at radius 1 is 1.05 bits per heavy atom. The molecule has 3 N–H and O–H groups in total. The molecule has 3 aromatic rings. The number of carboxylic acid groups (broad SMARTS) is 2. The van der Waals surface area contributed by atoms with E-state index in [0.717, 1.165) is 56.8 Å². The number of alkyl halides is 2. The molecule has 38 heavy (non-hydrogen) atoms. The molecule has 0 unspecified atom stereocenters. The zero-order valence-corrected chi connectivity index (χ0v) is 20.5. The van der Waals surface area contributed by atoms with Gasteiger partial charge in [-0.2, -0.15) is 13.9 Å². The Labute approximate surface area is 216 Å². The Morgan fingerprint density at radius 3 is 2.50 bits per heavy atom. The average Bonchev–Trinajstić information content (AvgIpc) is 3.51. The molecule has 12 heteroatoms. The number of aromatic nitrogens is 2. The molecule has 204 valence electrons. The van der Waals surface area contributed by atoms with Gasteiger partial charge in [0.15, 0.2) is 0 Å². The van der Waals surface area contributed by atoms with E-state index in [4.69, 9.17) is 15.0 Å². The molecule has 1 aliphatic heterocycles. The lowest BCUT2D eigenvalue weighted by Gasteiger charge is -2.28. The van der Waals surface area contributed by atoms with Gasteiger partial charge >= 0.3 is 12.8 Å². The minimum Gasteiger partial charge on any atom is -0.450 e. The van der Waals surface area contributed by atoms with E-state index in [1.807, 2.05) is 12.1 Å². The van der Waals surface area contributed by atoms with Gasteiger partial charge < -0.3 is 25.2 Å². The first kappa shape index (κ1) is 27.1. The summed E-state index contributed by atoms with van der Waals surface area (Å²) in [5, 5.41) is 21.4. The number of hydrogen-bond donors (Lipinski definition) is 3. The SMILES string of the molecule is O=C(NC1CCCCC1)c1cnn2ccc(N3CCC[C@@H]3c3cc(F)cc(OC(F)F)c3)cc12.O=C(O)O. The van der Waals surface area contributed by atoms with Crippen LogP contribution in [0.4, 0.5) is 23.7 Å². The average molecular weight is 535 g/mol. The van der Waals surface area contributed by atoms with Crippen LogP contribution in [0.5, 0.6) is 5.75 Å². The molecular weight excluding hydrogens is 505 g/mol. The van der Waals surface area contributed by atoms with Crippen LogP contribution in [0.3, 0.4) is 0 Å². The van der Waals surface area contributed by atoms with Crippen molar-refractivity contribution in [2.45, 2.75) is 63.6 Å². The molecule has 9 nitrogen and oxygen atoms in total. The Kier molecular flexibility index (Phi) is 8.59. The largest absolute Gasteiger partial charge is 0.503 e. The highest BCUT2D eigenvalue weighted by Gasteiger charge is 2.28. The van der Waals surface area contributed by atoms with Crippen molar-refractivity contribution in [3.63, 3.8) is 0 Å². The number of anilines is 1. The second-order valence-corrected chi connectivity index (χ2v) is 9.31. The van der Waals surface area contributed by atoms with Gasteiger partial charge in [-0.1, -0.05) is 19.3 Å². The molecule has 2 fully saturated rings. The fraction of sp³-hybridized carbons (Fsp3) is 0.423. The molecule has 1 aromatic carbocycles. The quantitative estimate of drug-likeness (QED) is 0.371. The molecule has 1 saturated heterocycles. The third-order valence-corrected chi connectivity index (χ3v) is 6.78. The monoisotopic (exact) mass is 534 g/mol. The molecule has 0 bridgehead atoms. The molecule has 0 radical (unpaired) electrons. The van der Waals surface area contributed by atoms with E-state index < -0.39 is 18.6 Å². The molecule has 0 spiro atoms. The van der Waals surface area contributed by atoms with E-state index in [2.05, 4.69) is 20.1 Å². The third-order valence-electron chi connectivity index (χ3n) is 6.78. The Morgan fingerprint density at radius 2 is 1.79 bits per heavy atom. The zero-order valence-electron chi connectivity index (χ0n) is 20.5. The summed E-state index contributed by atoms with van der Waals surface area (Å²) < 4.78 is 45.6. The predicted octanol–water partition coefficient (Wildman–Crippen LogP) is 5.70. The maximum atomic E-state index is 14.2. The highest BCUT2D eigenvalue weighted by atomic mass is 19.3. The summed E-state index contributed by atoms with van der Waals surface area (Å²) in [6.07, 6.45) is 8.63. The second kappa shape index (κ2) is 12.1. The summed E-state index contributed by atoms with van der Waals surface area (Å²) in [7, 11) is 0. The Balaban J connectivity index is 0.000000786. The van der Waals surface area contributed by atoms with Gasteiger partial charge in [0.1, 0.15) is 11.6 Å². The lowest BCUT2D eigenvalue weighted by molar-refractivity contribution is -0.0500. The van der Waals surface area contributed by atoms with Crippen molar-refractivity contribution in [1.82, 2.24) is 14.9 Å². The number of carbonyl (C=O) groups is 2. The van der Waals surface area contributed by atoms with E-state index in [0.29, 0.717) is 16.6 Å². The second-order valence-electron chi connectivity index (χ2n) is 9.31. The van der Waals surface area contributed by atoms with Gasteiger partial charge in [-0.3, -0.25) is 4.79 Å². The number of nitrogens with one attached hydrogen (secondary N) is 1. The minimum atomic E-state index is -3.02. The topological polar surface area (TPSA) is 116 Å². The number of amides is 1. The number of carbonyl (C=O) groups excluding carboxylic acids is 1. The van der Waals surface area contributed by atoms with Crippen molar-refractivity contribution in [3.8, 4) is 5.75 Å². The van der Waals surface area contributed by atoms with Crippen LogP contribution < -0.4 is 15.0 Å². The molecule has 5 rings (SSSR count). The molecule has 1 amide bonds. The zero-order chi connectivity index (χ0) is 27.2. The van der Waals surface area contributed by atoms with Gasteiger partial charge in [0.2, 0.25) is 0 Å². The van der Waals surface area contributed by atoms with Crippen molar-refractivity contribution in [1.29, 1.82) is 0 Å². The number of pyridine rings is 1. The fourth-order valence-electron chi connectivity index (χ4n) is 5.20. The van der Waals surface area contributed by atoms with E-state index >= 15 is 0 Å². The van der Waals surface area contributed by atoms with Gasteiger partial charge in [0, 0.05) is 30.5 Å². The van der Waals surface area contributed by atoms with Crippen LogP contribution >= 0.6 is 0 Å². The van der Waals surface area contributed by atoms with Gasteiger partial charge in [-0.25, -0.2) is 13.7 Å². The van der Waals surface area contributed by atoms with Crippen LogP contribution in [0.15, 0.2) is 42.7 Å². The normalized spacial score (nSPS) is 17.8. The van der Waals surface area contributed by atoms with E-state index in [9.17, 15) is 18.0 Å². The number of hydrogen-bond acceptors (Lipinski definition) is 5. The lowest BCUT2D eigenvalue weighted by Crippen LogP contribution is -2.36. The summed E-state index contributed by atoms with van der Waals surface area (Å²) >= 11 is 0. The Hall–Kier alpha value is -3.96. The van der Waals surface area contributed by atoms with Crippen molar-refractivity contribution in [3.05, 3.63) is 59.7 Å². The van der Waals surface area contributed by atoms with Crippen molar-refractivity contribution in [2.24, 2.45) is 0 Å². The fourth-order valence-corrected chi connectivity index (χ4v) is 5.20. The Bertz CT molecular complexity index is 1280. The van der Waals surface area contributed by atoms with Crippen LogP contribution in [0.2, 0.25) is 0 Å². The number of halogens is 3. The molecule has 1 atom stereocenters. The molecule has 1 aliphatic carbocycles. The van der Waals surface area contributed by atoms with Crippen LogP contribution in [0, 0.1) is 5.82 Å². The summed E-state index contributed by atoms with van der Waals surface area (Å²) in [5.41, 5.74) is 2.65. The first-order valence-corrected chi connectivity index (χ1v) is 12.4. The predicted molar refractivity (Wildman–Crippen MR) is 133 cm³/mol. The molecule has 2 aromatic heterocycles. The maximum absolute atomic E-state index is 14.2. The van der Waals surface area contributed by atoms with Crippen molar-refractivity contribution < 1.29 is 37.7 Å². The third kappa shape index (κ3) is 6.67. The van der Waals surface area contributed by atoms with Crippen LogP contribution in [-0.2, 0) is 0 Å². The highest BCUT2D eigenvalue weighted by molar-refractivity contribution is 6.01. The number of fused-ring (bicyclic) bond motifs is 1. The first-order chi connectivity index (χ1) is 18.2. The first-order valence-electron chi connectivity index (χ1n) is 12.4. The number of rotatable bonds is 6. The molecule has 1 saturated carbocycles. The summed E-state index contributed by atoms with van der Waals surface area (Å²) in [6.45, 7) is -2.29. The van der Waals surface area contributed by atoms with Crippen molar-refractivity contribution >= 4 is 23.3 Å².